The van der Waals surface area contributed by atoms with E-state index in [1.54, 1.807) is 0 Å². The molecule has 1 unspecified atom stereocenters. The molecule has 23 heavy (non-hydrogen) atoms. The van der Waals surface area contributed by atoms with Crippen molar-refractivity contribution in [3.63, 3.8) is 0 Å². The minimum atomic E-state index is -2.31. The number of unbranched alkanes of at least 4 members (excludes halogenated alkanes) is 3. The van der Waals surface area contributed by atoms with Crippen LogP contribution in [0.1, 0.15) is 79.6 Å². The van der Waals surface area contributed by atoms with Crippen LogP contribution in [0.15, 0.2) is 30.3 Å². The van der Waals surface area contributed by atoms with Crippen molar-refractivity contribution >= 4 is 18.4 Å². The van der Waals surface area contributed by atoms with E-state index in [2.05, 4.69) is 58.0 Å². The first-order valence-corrected chi connectivity index (χ1v) is 17.7. The van der Waals surface area contributed by atoms with E-state index < -0.39 is 18.4 Å². The van der Waals surface area contributed by atoms with Crippen molar-refractivity contribution in [1.82, 2.24) is 0 Å². The maximum absolute atomic E-state index is 8.96. The molecule has 0 nitrogen and oxygen atoms in total. The monoisotopic (exact) mass is 423 g/mol. The van der Waals surface area contributed by atoms with Gasteiger partial charge in [0, 0.05) is 0 Å². The van der Waals surface area contributed by atoms with Crippen LogP contribution in [0.4, 0.5) is 0 Å². The molecule has 0 spiro atoms. The van der Waals surface area contributed by atoms with Crippen LogP contribution < -0.4 is 0 Å². The second kappa shape index (κ2) is 8.92. The van der Waals surface area contributed by atoms with Crippen LogP contribution in [-0.2, 0) is 5.41 Å². The Morgan fingerprint density at radius 3 is 1.87 bits per heavy atom. The Kier molecular flexibility index (Phi) is 6.92. The zero-order valence-corrected chi connectivity index (χ0v) is 18.8. The Labute approximate surface area is 150 Å². The van der Waals surface area contributed by atoms with Crippen LogP contribution in [0, 0.1) is 0 Å². The van der Waals surface area contributed by atoms with E-state index in [-0.39, 0.29) is 11.8 Å². The molecule has 0 amide bonds. The summed E-state index contributed by atoms with van der Waals surface area (Å²) in [6, 6.07) is 11.0. The molecule has 130 valence electrons. The molecule has 1 aliphatic rings. The quantitative estimate of drug-likeness (QED) is 0.323. The maximum atomic E-state index is 8.96. The van der Waals surface area contributed by atoms with Gasteiger partial charge in [-0.15, -0.1) is 0 Å². The van der Waals surface area contributed by atoms with Gasteiger partial charge in [-0.05, 0) is 0 Å². The first-order valence-electron chi connectivity index (χ1n) is 10.6. The Hall–Kier alpha value is 0.0187. The molecule has 0 aromatic heterocycles. The molecule has 2 rings (SSSR count). The van der Waals surface area contributed by atoms with Gasteiger partial charge >= 0.3 is 151 Å². The van der Waals surface area contributed by atoms with E-state index in [1.165, 1.54) is 57.4 Å². The van der Waals surface area contributed by atoms with Crippen LogP contribution in [0.5, 0.6) is 0 Å². The van der Waals surface area contributed by atoms with Crippen LogP contribution in [-0.4, -0.2) is 18.4 Å². The summed E-state index contributed by atoms with van der Waals surface area (Å²) in [5.74, 6) is 0. The van der Waals surface area contributed by atoms with E-state index in [0.29, 0.717) is 0 Å². The molecule has 1 fully saturated rings. The minimum absolute atomic E-state index is 0.159. The molecule has 1 aromatic carbocycles. The molecule has 0 radical (unpaired) electrons. The fraction of sp³-hybridized carbons (Fsp3) is 0.727. The Morgan fingerprint density at radius 1 is 0.957 bits per heavy atom. The third-order valence-electron chi connectivity index (χ3n) is 6.19. The molecule has 1 heteroatoms. The fourth-order valence-electron chi connectivity index (χ4n) is 4.61. The van der Waals surface area contributed by atoms with Gasteiger partial charge < -0.3 is 0 Å². The molecule has 0 N–H and O–H groups in total. The first-order chi connectivity index (χ1) is 11.6. The second-order valence-corrected chi connectivity index (χ2v) is 21.8. The van der Waals surface area contributed by atoms with Crippen LogP contribution >= 0.6 is 0 Å². The SMILES string of the molecule is [2H][C@@H]1[C@H]([Sn]([CH2]CCC)([CH2]CCC)[CH2]CCC)C1(C)c1ccccc1. The summed E-state index contributed by atoms with van der Waals surface area (Å²) in [5, 5.41) is 0. The van der Waals surface area contributed by atoms with Gasteiger partial charge in [-0.3, -0.25) is 0 Å². The summed E-state index contributed by atoms with van der Waals surface area (Å²) in [6.07, 6.45) is 8.39. The van der Waals surface area contributed by atoms with Crippen molar-refractivity contribution in [2.24, 2.45) is 0 Å². The van der Waals surface area contributed by atoms with Gasteiger partial charge in [0.05, 0.1) is 0 Å². The van der Waals surface area contributed by atoms with Gasteiger partial charge in [0.1, 0.15) is 0 Å². The molecular formula is C22H38Sn. The van der Waals surface area contributed by atoms with Crippen molar-refractivity contribution in [3.8, 4) is 0 Å². The zero-order chi connectivity index (χ0) is 17.6. The zero-order valence-electron chi connectivity index (χ0n) is 16.9. The van der Waals surface area contributed by atoms with Gasteiger partial charge in [-0.25, -0.2) is 0 Å². The Balaban J connectivity index is 2.31. The number of hydrogen-bond acceptors (Lipinski definition) is 0. The van der Waals surface area contributed by atoms with Gasteiger partial charge in [0.15, 0.2) is 0 Å². The van der Waals surface area contributed by atoms with Crippen molar-refractivity contribution in [2.45, 2.75) is 95.3 Å². The standard InChI is InChI=1S/C10H11.3C4H9.Sn/c1-10(7-8-10)9-5-3-2-4-6-9;3*1-3-4-2;/h2-7H,8H2,1H3;3*1,3-4H2,2H3;/i8D;;;;/t8-,10?;;;;/m1..../s1. The van der Waals surface area contributed by atoms with Crippen LogP contribution in [0.3, 0.4) is 0 Å². The first kappa shape index (κ1) is 17.8. The Bertz CT molecular complexity index is 464. The van der Waals surface area contributed by atoms with E-state index in [9.17, 15) is 0 Å². The summed E-state index contributed by atoms with van der Waals surface area (Å²) >= 11 is -2.31. The van der Waals surface area contributed by atoms with Gasteiger partial charge in [0.2, 0.25) is 0 Å². The summed E-state index contributed by atoms with van der Waals surface area (Å²) in [5.41, 5.74) is 1.60. The number of benzene rings is 1. The molecule has 0 heterocycles. The molecule has 3 atom stereocenters. The van der Waals surface area contributed by atoms with Crippen LogP contribution in [0.25, 0.3) is 0 Å². The average molecular weight is 422 g/mol. The van der Waals surface area contributed by atoms with E-state index in [4.69, 9.17) is 1.37 Å². The van der Waals surface area contributed by atoms with E-state index in [0.717, 1.165) is 3.93 Å². The van der Waals surface area contributed by atoms with E-state index in [1.807, 2.05) is 0 Å². The summed E-state index contributed by atoms with van der Waals surface area (Å²) < 4.78 is 14.3. The van der Waals surface area contributed by atoms with Crippen molar-refractivity contribution in [2.75, 3.05) is 0 Å². The Morgan fingerprint density at radius 2 is 1.43 bits per heavy atom. The third-order valence-corrected chi connectivity index (χ3v) is 23.7. The molecule has 0 saturated heterocycles. The summed E-state index contributed by atoms with van der Waals surface area (Å²) in [6.45, 7) is 9.45. The third kappa shape index (κ3) is 4.55. The fourth-order valence-corrected chi connectivity index (χ4v) is 24.6. The second-order valence-electron chi connectivity index (χ2n) is 7.97. The summed E-state index contributed by atoms with van der Waals surface area (Å²) in [7, 11) is 0. The van der Waals surface area contributed by atoms with Crippen molar-refractivity contribution < 1.29 is 1.37 Å². The number of hydrogen-bond donors (Lipinski definition) is 0. The van der Waals surface area contributed by atoms with Gasteiger partial charge in [0.25, 0.3) is 0 Å². The molecule has 1 aromatic rings. The summed E-state index contributed by atoms with van der Waals surface area (Å²) in [4.78, 5) is 0. The normalized spacial score (nSPS) is 27.7. The predicted octanol–water partition coefficient (Wildman–Crippen LogP) is 7.57. The molecular weight excluding hydrogens is 383 g/mol. The number of rotatable bonds is 11. The van der Waals surface area contributed by atoms with E-state index >= 15 is 0 Å². The molecule has 0 aliphatic heterocycles. The molecule has 0 bridgehead atoms. The molecule has 1 aliphatic carbocycles. The van der Waals surface area contributed by atoms with Gasteiger partial charge in [-0.1, -0.05) is 0 Å². The average Bonchev–Trinajstić information content (AvgIpc) is 3.19. The topological polar surface area (TPSA) is 0 Å². The van der Waals surface area contributed by atoms with Crippen LogP contribution in [0.2, 0.25) is 17.2 Å². The van der Waals surface area contributed by atoms with Gasteiger partial charge in [-0.2, -0.15) is 0 Å². The van der Waals surface area contributed by atoms with Crippen molar-refractivity contribution in [1.29, 1.82) is 0 Å². The molecule has 1 saturated carbocycles. The predicted molar refractivity (Wildman–Crippen MR) is 107 cm³/mol. The van der Waals surface area contributed by atoms with Crippen molar-refractivity contribution in [3.05, 3.63) is 35.9 Å².